The lowest BCUT2D eigenvalue weighted by molar-refractivity contribution is -0.319. The van der Waals surface area contributed by atoms with Gasteiger partial charge in [0, 0.05) is 17.7 Å². The number of nitrogens with zero attached hydrogens (tertiary/aromatic N) is 2. The number of carbonyl (C=O) groups excluding carboxylic acids is 1. The molecule has 0 aromatic heterocycles. The predicted molar refractivity (Wildman–Crippen MR) is 97.7 cm³/mol. The highest BCUT2D eigenvalue weighted by Gasteiger charge is 2.61. The van der Waals surface area contributed by atoms with Gasteiger partial charge in [0.25, 0.3) is 5.91 Å². The molecule has 3 rings (SSSR count). The maximum Gasteiger partial charge on any atom is 0.329 e. The molecule has 148 valence electrons. The summed E-state index contributed by atoms with van der Waals surface area (Å²) in [6.45, 7) is -0.564. The smallest absolute Gasteiger partial charge is 0.329 e. The first kappa shape index (κ1) is 20.2. The number of rotatable bonds is 5. The van der Waals surface area contributed by atoms with Gasteiger partial charge >= 0.3 is 6.03 Å². The maximum atomic E-state index is 12.7. The fraction of sp³-hybridized carbons (Fsp3) is 0.471. The number of amides is 2. The molecule has 1 fully saturated rings. The van der Waals surface area contributed by atoms with Crippen LogP contribution in [0.3, 0.4) is 0 Å². The van der Waals surface area contributed by atoms with E-state index in [1.807, 2.05) is 12.1 Å². The minimum Gasteiger partial charge on any atom is -0.394 e. The predicted octanol–water partition coefficient (Wildman–Crippen LogP) is -0.102. The van der Waals surface area contributed by atoms with Gasteiger partial charge in [-0.2, -0.15) is 0 Å². The van der Waals surface area contributed by atoms with Crippen molar-refractivity contribution in [3.63, 3.8) is 0 Å². The summed E-state index contributed by atoms with van der Waals surface area (Å²) in [6.07, 6.45) is -1.93. The molecule has 5 N–H and O–H groups in total. The van der Waals surface area contributed by atoms with Crippen molar-refractivity contribution >= 4 is 22.0 Å². The molecule has 0 aliphatic carbocycles. The van der Waals surface area contributed by atoms with Gasteiger partial charge in [-0.1, -0.05) is 28.1 Å². The van der Waals surface area contributed by atoms with Gasteiger partial charge in [0.15, 0.2) is 6.10 Å². The minimum absolute atomic E-state index is 0.0113. The van der Waals surface area contributed by atoms with Crippen LogP contribution >= 0.6 is 15.9 Å². The molecule has 1 saturated heterocycles. The molecule has 0 bridgehead atoms. The Bertz CT molecular complexity index is 717. The van der Waals surface area contributed by atoms with Crippen molar-refractivity contribution in [3.05, 3.63) is 46.6 Å². The zero-order valence-electron chi connectivity index (χ0n) is 14.6. The lowest BCUT2D eigenvalue weighted by Crippen LogP contribution is -2.64. The fourth-order valence-electron chi connectivity index (χ4n) is 2.98. The lowest BCUT2D eigenvalue weighted by Gasteiger charge is -2.44. The average Bonchev–Trinajstić information content (AvgIpc) is 2.91. The number of ether oxygens (including phenoxy) is 2. The summed E-state index contributed by atoms with van der Waals surface area (Å²) in [7, 11) is 1.49. The summed E-state index contributed by atoms with van der Waals surface area (Å²) < 4.78 is 12.4. The molecule has 0 spiro atoms. The van der Waals surface area contributed by atoms with E-state index in [1.54, 1.807) is 12.1 Å². The summed E-state index contributed by atoms with van der Waals surface area (Å²) in [5.74, 6) is -2.01. The molecule has 2 heterocycles. The molecule has 5 atom stereocenters. The zero-order valence-corrected chi connectivity index (χ0v) is 16.2. The van der Waals surface area contributed by atoms with Crippen LogP contribution in [0.2, 0.25) is 0 Å². The molecule has 2 amide bonds. The second-order valence-corrected chi connectivity index (χ2v) is 7.33. The van der Waals surface area contributed by atoms with E-state index in [4.69, 9.17) is 15.2 Å². The van der Waals surface area contributed by atoms with E-state index < -0.39 is 43.0 Å². The molecule has 9 nitrogen and oxygen atoms in total. The standard InChI is InChI=1S/C17H22BrN3O6/c1-20-13(19)6-7-21(16(20)25)17(15(24)14(23)12(8-22)27-17)26-9-10-2-4-11(18)5-3-10/h2-7,12-15,22-24H,8-9,19H2,1H3/t12-,13?,14-,15-,17-/m1/s1. The Kier molecular flexibility index (Phi) is 5.87. The van der Waals surface area contributed by atoms with E-state index in [1.165, 1.54) is 24.2 Å². The summed E-state index contributed by atoms with van der Waals surface area (Å²) >= 11 is 3.34. The van der Waals surface area contributed by atoms with Crippen LogP contribution in [0.25, 0.3) is 0 Å². The van der Waals surface area contributed by atoms with Crippen molar-refractivity contribution in [1.82, 2.24) is 9.80 Å². The summed E-state index contributed by atoms with van der Waals surface area (Å²) in [5.41, 5.74) is 6.58. The third-order valence-electron chi connectivity index (χ3n) is 4.66. The summed E-state index contributed by atoms with van der Waals surface area (Å²) in [5, 5.41) is 30.3. The number of aliphatic hydroxyl groups is 3. The zero-order chi connectivity index (χ0) is 19.8. The lowest BCUT2D eigenvalue weighted by atomic mass is 10.1. The van der Waals surface area contributed by atoms with Gasteiger partial charge in [-0.25, -0.2) is 9.69 Å². The molecule has 0 radical (unpaired) electrons. The maximum absolute atomic E-state index is 12.7. The van der Waals surface area contributed by atoms with Crippen LogP contribution < -0.4 is 5.73 Å². The normalized spacial score (nSPS) is 33.8. The number of hydrogen-bond donors (Lipinski definition) is 4. The van der Waals surface area contributed by atoms with Gasteiger partial charge in [-0.3, -0.25) is 0 Å². The van der Waals surface area contributed by atoms with Crippen LogP contribution in [0.5, 0.6) is 0 Å². The highest BCUT2D eigenvalue weighted by atomic mass is 79.9. The first-order valence-electron chi connectivity index (χ1n) is 8.33. The third-order valence-corrected chi connectivity index (χ3v) is 5.19. The first-order chi connectivity index (χ1) is 12.8. The SMILES string of the molecule is CN1C(=O)N([C@]2(OCc3ccc(Br)cc3)O[C@H](CO)[C@@H](O)[C@H]2O)C=CC1N. The van der Waals surface area contributed by atoms with Crippen LogP contribution in [0, 0.1) is 0 Å². The van der Waals surface area contributed by atoms with Crippen molar-refractivity contribution in [2.24, 2.45) is 5.73 Å². The largest absolute Gasteiger partial charge is 0.394 e. The van der Waals surface area contributed by atoms with Crippen molar-refractivity contribution < 1.29 is 29.6 Å². The van der Waals surface area contributed by atoms with Crippen molar-refractivity contribution in [2.45, 2.75) is 37.0 Å². The van der Waals surface area contributed by atoms with Gasteiger partial charge in [-0.05, 0) is 23.8 Å². The Labute approximate surface area is 164 Å². The van der Waals surface area contributed by atoms with Gasteiger partial charge in [0.05, 0.1) is 13.2 Å². The average molecular weight is 444 g/mol. The number of benzene rings is 1. The Morgan fingerprint density at radius 2 is 2.00 bits per heavy atom. The van der Waals surface area contributed by atoms with Gasteiger partial charge < -0.3 is 35.4 Å². The van der Waals surface area contributed by atoms with Crippen molar-refractivity contribution in [2.75, 3.05) is 13.7 Å². The topological polar surface area (TPSA) is 129 Å². The summed E-state index contributed by atoms with van der Waals surface area (Å²) in [4.78, 5) is 15.0. The number of halogens is 1. The molecule has 2 aliphatic heterocycles. The molecule has 2 aliphatic rings. The number of likely N-dealkylation sites (N-methyl/N-ethyl adjacent to an activating group) is 1. The first-order valence-corrected chi connectivity index (χ1v) is 9.12. The fourth-order valence-corrected chi connectivity index (χ4v) is 3.24. The van der Waals surface area contributed by atoms with Crippen LogP contribution in [0.1, 0.15) is 5.56 Å². The second kappa shape index (κ2) is 7.84. The van der Waals surface area contributed by atoms with E-state index in [-0.39, 0.29) is 6.61 Å². The highest BCUT2D eigenvalue weighted by Crippen LogP contribution is 2.38. The molecular formula is C17H22BrN3O6. The molecule has 1 unspecified atom stereocenters. The van der Waals surface area contributed by atoms with E-state index in [0.29, 0.717) is 0 Å². The number of aliphatic hydroxyl groups excluding tert-OH is 3. The van der Waals surface area contributed by atoms with Crippen molar-refractivity contribution in [3.8, 4) is 0 Å². The number of urea groups is 1. The van der Waals surface area contributed by atoms with Gasteiger partial charge in [0.2, 0.25) is 0 Å². The second-order valence-electron chi connectivity index (χ2n) is 6.42. The summed E-state index contributed by atoms with van der Waals surface area (Å²) in [6, 6.07) is 6.66. The Hall–Kier alpha value is -1.53. The number of carbonyl (C=O) groups is 1. The Balaban J connectivity index is 1.93. The molecule has 27 heavy (non-hydrogen) atoms. The van der Waals surface area contributed by atoms with E-state index in [2.05, 4.69) is 15.9 Å². The van der Waals surface area contributed by atoms with Gasteiger partial charge in [-0.15, -0.1) is 0 Å². The molecule has 1 aromatic rings. The highest BCUT2D eigenvalue weighted by molar-refractivity contribution is 9.10. The Morgan fingerprint density at radius 3 is 2.59 bits per heavy atom. The van der Waals surface area contributed by atoms with Crippen LogP contribution in [-0.2, 0) is 16.1 Å². The van der Waals surface area contributed by atoms with E-state index >= 15 is 0 Å². The quantitative estimate of drug-likeness (QED) is 0.499. The van der Waals surface area contributed by atoms with E-state index in [9.17, 15) is 20.1 Å². The molecular weight excluding hydrogens is 422 g/mol. The third kappa shape index (κ3) is 3.61. The van der Waals surface area contributed by atoms with Crippen LogP contribution in [0.15, 0.2) is 41.0 Å². The van der Waals surface area contributed by atoms with Crippen LogP contribution in [0.4, 0.5) is 4.79 Å². The van der Waals surface area contributed by atoms with E-state index in [0.717, 1.165) is 14.9 Å². The monoisotopic (exact) mass is 443 g/mol. The molecule has 1 aromatic carbocycles. The Morgan fingerprint density at radius 1 is 1.33 bits per heavy atom. The van der Waals surface area contributed by atoms with Crippen LogP contribution in [-0.4, -0.2) is 75.2 Å². The number of hydrogen-bond acceptors (Lipinski definition) is 7. The molecule has 10 heteroatoms. The number of nitrogens with two attached hydrogens (primary N) is 1. The van der Waals surface area contributed by atoms with Crippen molar-refractivity contribution in [1.29, 1.82) is 0 Å². The molecule has 0 saturated carbocycles. The minimum atomic E-state index is -2.01. The van der Waals surface area contributed by atoms with Gasteiger partial charge in [0.1, 0.15) is 18.4 Å².